The monoisotopic (exact) mass is 432 g/mol. The minimum Gasteiger partial charge on any atom is -0.350 e. The fourth-order valence-electron chi connectivity index (χ4n) is 2.71. The first kappa shape index (κ1) is 23.0. The van der Waals surface area contributed by atoms with Crippen molar-refractivity contribution in [3.05, 3.63) is 35.9 Å². The molecule has 2 heterocycles. The van der Waals surface area contributed by atoms with Gasteiger partial charge in [0.1, 0.15) is 17.9 Å². The van der Waals surface area contributed by atoms with Crippen molar-refractivity contribution in [1.82, 2.24) is 14.5 Å². The number of rotatable bonds is 9. The van der Waals surface area contributed by atoms with Crippen molar-refractivity contribution in [1.29, 1.82) is 0 Å². The van der Waals surface area contributed by atoms with E-state index in [-0.39, 0.29) is 30.2 Å². The van der Waals surface area contributed by atoms with E-state index in [4.69, 9.17) is 22.6 Å². The minimum atomic E-state index is -0.413. The van der Waals surface area contributed by atoms with Gasteiger partial charge in [-0.3, -0.25) is 42.0 Å². The fraction of sp³-hybridized carbons (Fsp3) is 0.278. The first-order chi connectivity index (χ1) is 14.6. The second-order valence-corrected chi connectivity index (χ2v) is 6.84. The highest BCUT2D eigenvalue weighted by Gasteiger charge is 2.17. The molecule has 2 aromatic heterocycles. The van der Waals surface area contributed by atoms with Crippen molar-refractivity contribution in [2.75, 3.05) is 23.7 Å². The summed E-state index contributed by atoms with van der Waals surface area (Å²) in [6, 6.07) is 3.07. The van der Waals surface area contributed by atoms with E-state index in [1.165, 1.54) is 6.07 Å². The number of aryl methyl sites for hydroxylation is 2. The quantitative estimate of drug-likeness (QED) is 0.143. The first-order valence-electron chi connectivity index (χ1n) is 9.27. The topological polar surface area (TPSA) is 215 Å². The molecule has 13 heteroatoms. The van der Waals surface area contributed by atoms with Gasteiger partial charge in [-0.05, 0) is 12.1 Å². The molecule has 0 fully saturated rings. The Morgan fingerprint density at radius 2 is 1.52 bits per heavy atom. The van der Waals surface area contributed by atoms with E-state index in [1.807, 2.05) is 0 Å². The Morgan fingerprint density at radius 3 is 2.06 bits per heavy atom. The minimum absolute atomic E-state index is 0.0685. The number of amidine groups is 1. The van der Waals surface area contributed by atoms with Gasteiger partial charge in [-0.2, -0.15) is 0 Å². The molecule has 0 unspecified atom stereocenters. The van der Waals surface area contributed by atoms with E-state index >= 15 is 0 Å². The Labute approximate surface area is 178 Å². The lowest BCUT2D eigenvalue weighted by molar-refractivity contribution is -0.445. The summed E-state index contributed by atoms with van der Waals surface area (Å²) in [5.41, 5.74) is 17.4. The molecule has 12 N–H and O–H groups in total. The van der Waals surface area contributed by atoms with E-state index in [1.54, 1.807) is 41.7 Å². The van der Waals surface area contributed by atoms with Crippen LogP contribution in [0.15, 0.2) is 24.5 Å². The zero-order chi connectivity index (χ0) is 23.1. The summed E-state index contributed by atoms with van der Waals surface area (Å²) in [5, 5.41) is 13.4. The van der Waals surface area contributed by atoms with Crippen LogP contribution >= 0.6 is 0 Å². The number of aromatic nitrogens is 2. The fourth-order valence-corrected chi connectivity index (χ4v) is 2.71. The van der Waals surface area contributed by atoms with Gasteiger partial charge in [0, 0.05) is 33.0 Å². The lowest BCUT2D eigenvalue weighted by Gasteiger charge is -2.03. The number of carbonyl (C=O) groups excluding carboxylic acids is 3. The molecule has 0 spiro atoms. The highest BCUT2D eigenvalue weighted by Crippen LogP contribution is 2.17. The Kier molecular flexibility index (Phi) is 7.38. The predicted molar refractivity (Wildman–Crippen MR) is 115 cm³/mol. The first-order valence-corrected chi connectivity index (χ1v) is 9.27. The van der Waals surface area contributed by atoms with Crippen LogP contribution in [-0.2, 0) is 18.9 Å². The number of nitrogens with one attached hydrogen (secondary N) is 4. The molecular formula is C18H28N10O3+2. The van der Waals surface area contributed by atoms with Gasteiger partial charge >= 0.3 is 5.96 Å². The summed E-state index contributed by atoms with van der Waals surface area (Å²) in [7, 11) is 3.35. The van der Waals surface area contributed by atoms with Crippen LogP contribution in [0.1, 0.15) is 27.4 Å². The average molecular weight is 432 g/mol. The number of nitrogens with zero attached hydrogens (tertiary/aromatic N) is 2. The molecule has 31 heavy (non-hydrogen) atoms. The zero-order valence-electron chi connectivity index (χ0n) is 17.4. The highest BCUT2D eigenvalue weighted by molar-refractivity contribution is 6.05. The van der Waals surface area contributed by atoms with Crippen LogP contribution < -0.4 is 43.6 Å². The van der Waals surface area contributed by atoms with E-state index in [0.29, 0.717) is 35.7 Å². The number of amides is 3. The third-order valence-corrected chi connectivity index (χ3v) is 4.17. The predicted octanol–water partition coefficient (Wildman–Crippen LogP) is -4.86. The smallest absolute Gasteiger partial charge is 0.339 e. The van der Waals surface area contributed by atoms with Crippen LogP contribution in [-0.4, -0.2) is 51.7 Å². The molecule has 0 aliphatic carbocycles. The van der Waals surface area contributed by atoms with Gasteiger partial charge in [-0.1, -0.05) is 0 Å². The summed E-state index contributed by atoms with van der Waals surface area (Å²) in [4.78, 5) is 39.3. The summed E-state index contributed by atoms with van der Waals surface area (Å²) in [6.45, 7) is 0.195. The molecule has 166 valence electrons. The second-order valence-electron chi connectivity index (χ2n) is 6.84. The molecule has 0 aliphatic rings. The lowest BCUT2D eigenvalue weighted by Crippen LogP contribution is -2.80. The molecule has 0 aliphatic heterocycles. The van der Waals surface area contributed by atoms with Gasteiger partial charge in [0.25, 0.3) is 17.7 Å². The van der Waals surface area contributed by atoms with Gasteiger partial charge in [-0.25, -0.2) is 0 Å². The molecule has 2 aromatic rings. The Morgan fingerprint density at radius 1 is 0.968 bits per heavy atom. The van der Waals surface area contributed by atoms with Crippen molar-refractivity contribution in [2.24, 2.45) is 31.3 Å². The summed E-state index contributed by atoms with van der Waals surface area (Å²) in [5.74, 6) is -0.947. The number of guanidine groups is 1. The van der Waals surface area contributed by atoms with E-state index < -0.39 is 5.91 Å². The Balaban J connectivity index is 2.03. The molecule has 0 aromatic carbocycles. The molecule has 0 saturated heterocycles. The molecular weight excluding hydrogens is 404 g/mol. The van der Waals surface area contributed by atoms with Crippen LogP contribution in [0.25, 0.3) is 0 Å². The lowest BCUT2D eigenvalue weighted by atomic mass is 10.3. The van der Waals surface area contributed by atoms with E-state index in [9.17, 15) is 14.4 Å². The number of carbonyl (C=O) groups is 3. The SMILES string of the molecule is Cn1cc(NC(=O)c2cc(NC(=O)C[NH+]=C(N)N)cn2C)cc1C(=O)NCCC(N)=[NH2+]. The van der Waals surface area contributed by atoms with Gasteiger partial charge < -0.3 is 25.1 Å². The van der Waals surface area contributed by atoms with E-state index in [2.05, 4.69) is 20.9 Å². The van der Waals surface area contributed by atoms with Gasteiger partial charge in [-0.15, -0.1) is 0 Å². The maximum atomic E-state index is 12.7. The molecule has 0 radical (unpaired) electrons. The molecule has 0 bridgehead atoms. The van der Waals surface area contributed by atoms with Crippen LogP contribution in [0.5, 0.6) is 0 Å². The zero-order valence-corrected chi connectivity index (χ0v) is 17.4. The van der Waals surface area contributed by atoms with Crippen molar-refractivity contribution in [3.8, 4) is 0 Å². The maximum Gasteiger partial charge on any atom is 0.339 e. The van der Waals surface area contributed by atoms with Crippen molar-refractivity contribution in [3.63, 3.8) is 0 Å². The number of nitrogens with two attached hydrogens (primary N) is 4. The standard InChI is InChI=1S/C18H26N10O3/c1-27-9-11(6-12(27)16(30)23-4-3-14(19)20)26-17(31)13-5-10(8-28(13)2)25-15(29)7-24-18(21)22/h5-6,8-9H,3-4,7H2,1-2H3,(H3,19,20)(H,23,30)(H,25,29)(H,26,31)(H4,21,22,24)/p+2. The largest absolute Gasteiger partial charge is 0.350 e. The van der Waals surface area contributed by atoms with Gasteiger partial charge in [0.05, 0.1) is 17.8 Å². The van der Waals surface area contributed by atoms with Crippen molar-refractivity contribution in [2.45, 2.75) is 6.42 Å². The van der Waals surface area contributed by atoms with Crippen LogP contribution in [0.2, 0.25) is 0 Å². The molecule has 13 nitrogen and oxygen atoms in total. The van der Waals surface area contributed by atoms with Crippen LogP contribution in [0.3, 0.4) is 0 Å². The second kappa shape index (κ2) is 9.96. The van der Waals surface area contributed by atoms with Gasteiger partial charge in [0.2, 0.25) is 5.84 Å². The van der Waals surface area contributed by atoms with E-state index in [0.717, 1.165) is 0 Å². The maximum absolute atomic E-state index is 12.7. The number of hydrogen-bond acceptors (Lipinski definition) is 3. The summed E-state index contributed by atoms with van der Waals surface area (Å²) in [6.07, 6.45) is 3.56. The third-order valence-electron chi connectivity index (χ3n) is 4.17. The Hall–Kier alpha value is -4.29. The van der Waals surface area contributed by atoms with Gasteiger partial charge in [0.15, 0.2) is 0 Å². The molecule has 0 saturated carbocycles. The Bertz CT molecular complexity index is 1030. The molecule has 3 amide bonds. The number of anilines is 2. The summed E-state index contributed by atoms with van der Waals surface area (Å²) >= 11 is 0. The van der Waals surface area contributed by atoms with Crippen molar-refractivity contribution < 1.29 is 24.8 Å². The summed E-state index contributed by atoms with van der Waals surface area (Å²) < 4.78 is 3.15. The molecule has 0 atom stereocenters. The van der Waals surface area contributed by atoms with Crippen LogP contribution in [0.4, 0.5) is 11.4 Å². The molecule has 2 rings (SSSR count). The normalized spacial score (nSPS) is 10.3. The highest BCUT2D eigenvalue weighted by atomic mass is 16.2. The van der Waals surface area contributed by atoms with Crippen LogP contribution in [0, 0.1) is 0 Å². The van der Waals surface area contributed by atoms with Crippen molar-refractivity contribution >= 4 is 40.9 Å². The number of hydrogen-bond donors (Lipinski definition) is 8. The third kappa shape index (κ3) is 6.62. The average Bonchev–Trinajstić information content (AvgIpc) is 3.21.